The molecule has 0 amide bonds. The highest BCUT2D eigenvalue weighted by Gasteiger charge is 2.11. The molecule has 0 aliphatic carbocycles. The van der Waals surface area contributed by atoms with Gasteiger partial charge in [0.25, 0.3) is 0 Å². The minimum absolute atomic E-state index is 0.192. The zero-order valence-corrected chi connectivity index (χ0v) is 12.8. The van der Waals surface area contributed by atoms with Crippen molar-refractivity contribution < 1.29 is 4.74 Å². The van der Waals surface area contributed by atoms with Crippen LogP contribution in [0.1, 0.15) is 37.9 Å². The molecule has 0 bridgehead atoms. The molecule has 0 saturated heterocycles. The van der Waals surface area contributed by atoms with Gasteiger partial charge in [0.05, 0.1) is 6.10 Å². The first-order chi connectivity index (χ1) is 9.56. The third-order valence-electron chi connectivity index (χ3n) is 3.25. The van der Waals surface area contributed by atoms with Crippen LogP contribution in [0.2, 0.25) is 0 Å². The van der Waals surface area contributed by atoms with E-state index >= 15 is 0 Å². The molecule has 0 spiro atoms. The standard InChI is InChI=1S/C17H24N2O/c1-13(2)20-17-8-6-5-7-16(17)14(3)18-11-15-9-10-19(4)12-15/h5-10,12-14,18H,11H2,1-4H3. The summed E-state index contributed by atoms with van der Waals surface area (Å²) < 4.78 is 7.95. The van der Waals surface area contributed by atoms with Crippen LogP contribution in [0.3, 0.4) is 0 Å². The summed E-state index contributed by atoms with van der Waals surface area (Å²) in [6.45, 7) is 7.14. The van der Waals surface area contributed by atoms with E-state index in [-0.39, 0.29) is 12.1 Å². The molecule has 1 aromatic carbocycles. The van der Waals surface area contributed by atoms with Crippen LogP contribution in [0.5, 0.6) is 5.75 Å². The maximum atomic E-state index is 5.88. The Hall–Kier alpha value is -1.74. The second-order valence-electron chi connectivity index (χ2n) is 5.49. The molecule has 0 fully saturated rings. The Labute approximate surface area is 121 Å². The lowest BCUT2D eigenvalue weighted by atomic mass is 10.1. The fourth-order valence-electron chi connectivity index (χ4n) is 2.25. The van der Waals surface area contributed by atoms with E-state index in [0.717, 1.165) is 12.3 Å². The minimum Gasteiger partial charge on any atom is -0.491 e. The van der Waals surface area contributed by atoms with Crippen LogP contribution < -0.4 is 10.1 Å². The van der Waals surface area contributed by atoms with Gasteiger partial charge >= 0.3 is 0 Å². The van der Waals surface area contributed by atoms with Gasteiger partial charge in [0.1, 0.15) is 5.75 Å². The Morgan fingerprint density at radius 1 is 1.15 bits per heavy atom. The average Bonchev–Trinajstić information content (AvgIpc) is 2.82. The molecule has 2 rings (SSSR count). The lowest BCUT2D eigenvalue weighted by molar-refractivity contribution is 0.238. The quantitative estimate of drug-likeness (QED) is 0.868. The van der Waals surface area contributed by atoms with E-state index in [1.54, 1.807) is 0 Å². The summed E-state index contributed by atoms with van der Waals surface area (Å²) in [4.78, 5) is 0. The van der Waals surface area contributed by atoms with Crippen LogP contribution >= 0.6 is 0 Å². The summed E-state index contributed by atoms with van der Waals surface area (Å²) in [7, 11) is 2.04. The fraction of sp³-hybridized carbons (Fsp3) is 0.412. The van der Waals surface area contributed by atoms with Gasteiger partial charge < -0.3 is 14.6 Å². The topological polar surface area (TPSA) is 26.2 Å². The van der Waals surface area contributed by atoms with Gasteiger partial charge in [-0.2, -0.15) is 0 Å². The van der Waals surface area contributed by atoms with Gasteiger partial charge in [-0.05, 0) is 38.5 Å². The molecule has 1 atom stereocenters. The summed E-state index contributed by atoms with van der Waals surface area (Å²) in [5.41, 5.74) is 2.50. The van der Waals surface area contributed by atoms with Gasteiger partial charge in [-0.15, -0.1) is 0 Å². The van der Waals surface area contributed by atoms with Crippen LogP contribution in [-0.4, -0.2) is 10.7 Å². The van der Waals surface area contributed by atoms with E-state index < -0.39 is 0 Å². The van der Waals surface area contributed by atoms with Crippen LogP contribution in [-0.2, 0) is 13.6 Å². The first-order valence-electron chi connectivity index (χ1n) is 7.16. The number of benzene rings is 1. The Balaban J connectivity index is 2.03. The molecule has 1 heterocycles. The highest BCUT2D eigenvalue weighted by molar-refractivity contribution is 5.35. The molecule has 0 radical (unpaired) electrons. The third-order valence-corrected chi connectivity index (χ3v) is 3.25. The first kappa shape index (κ1) is 14.7. The molecule has 0 aliphatic rings. The molecule has 3 nitrogen and oxygen atoms in total. The number of rotatable bonds is 6. The molecule has 0 aliphatic heterocycles. The van der Waals surface area contributed by atoms with E-state index in [9.17, 15) is 0 Å². The van der Waals surface area contributed by atoms with Gasteiger partial charge in [0, 0.05) is 37.6 Å². The highest BCUT2D eigenvalue weighted by atomic mass is 16.5. The lowest BCUT2D eigenvalue weighted by Gasteiger charge is -2.19. The molecule has 20 heavy (non-hydrogen) atoms. The van der Waals surface area contributed by atoms with Crippen molar-refractivity contribution in [3.05, 3.63) is 53.9 Å². The number of ether oxygens (including phenoxy) is 1. The number of nitrogens with zero attached hydrogens (tertiary/aromatic N) is 1. The molecule has 2 aromatic rings. The van der Waals surface area contributed by atoms with Crippen molar-refractivity contribution in [2.75, 3.05) is 0 Å². The Kier molecular flexibility index (Phi) is 4.85. The molecule has 108 valence electrons. The van der Waals surface area contributed by atoms with Gasteiger partial charge in [-0.3, -0.25) is 0 Å². The zero-order chi connectivity index (χ0) is 14.5. The van der Waals surface area contributed by atoms with Crippen molar-refractivity contribution in [3.63, 3.8) is 0 Å². The number of aryl methyl sites for hydroxylation is 1. The number of hydrogen-bond acceptors (Lipinski definition) is 2. The van der Waals surface area contributed by atoms with Crippen molar-refractivity contribution >= 4 is 0 Å². The Bertz CT molecular complexity index is 545. The first-order valence-corrected chi connectivity index (χ1v) is 7.16. The predicted octanol–water partition coefficient (Wildman–Crippen LogP) is 3.66. The number of aromatic nitrogens is 1. The number of hydrogen-bond donors (Lipinski definition) is 1. The number of para-hydroxylation sites is 1. The van der Waals surface area contributed by atoms with E-state index in [1.165, 1.54) is 11.1 Å². The van der Waals surface area contributed by atoms with Crippen molar-refractivity contribution in [1.29, 1.82) is 0 Å². The van der Waals surface area contributed by atoms with Crippen LogP contribution in [0.4, 0.5) is 0 Å². The van der Waals surface area contributed by atoms with E-state index in [1.807, 2.05) is 19.2 Å². The summed E-state index contributed by atoms with van der Waals surface area (Å²) in [5.74, 6) is 0.968. The van der Waals surface area contributed by atoms with Crippen LogP contribution in [0, 0.1) is 0 Å². The predicted molar refractivity (Wildman–Crippen MR) is 82.9 cm³/mol. The summed E-state index contributed by atoms with van der Waals surface area (Å²) >= 11 is 0. The van der Waals surface area contributed by atoms with Gasteiger partial charge in [0.2, 0.25) is 0 Å². The van der Waals surface area contributed by atoms with E-state index in [4.69, 9.17) is 4.74 Å². The van der Waals surface area contributed by atoms with Gasteiger partial charge in [-0.1, -0.05) is 18.2 Å². The number of nitrogens with one attached hydrogen (secondary N) is 1. The second kappa shape index (κ2) is 6.62. The molecular formula is C17H24N2O. The normalized spacial score (nSPS) is 12.7. The smallest absolute Gasteiger partial charge is 0.124 e. The van der Waals surface area contributed by atoms with Crippen molar-refractivity contribution in [1.82, 2.24) is 9.88 Å². The molecule has 3 heteroatoms. The van der Waals surface area contributed by atoms with Crippen LogP contribution in [0.25, 0.3) is 0 Å². The van der Waals surface area contributed by atoms with Crippen molar-refractivity contribution in [2.45, 2.75) is 39.5 Å². The summed E-state index contributed by atoms with van der Waals surface area (Å²) in [6, 6.07) is 10.6. The monoisotopic (exact) mass is 272 g/mol. The van der Waals surface area contributed by atoms with Crippen molar-refractivity contribution in [3.8, 4) is 5.75 Å². The molecule has 1 N–H and O–H groups in total. The summed E-state index contributed by atoms with van der Waals surface area (Å²) in [5, 5.41) is 3.55. The third kappa shape index (κ3) is 3.87. The average molecular weight is 272 g/mol. The summed E-state index contributed by atoms with van der Waals surface area (Å²) in [6.07, 6.45) is 4.39. The zero-order valence-electron chi connectivity index (χ0n) is 12.8. The SMILES string of the molecule is CC(C)Oc1ccccc1C(C)NCc1ccn(C)c1. The largest absolute Gasteiger partial charge is 0.491 e. The van der Waals surface area contributed by atoms with Gasteiger partial charge in [-0.25, -0.2) is 0 Å². The molecular weight excluding hydrogens is 248 g/mol. The Morgan fingerprint density at radius 3 is 2.55 bits per heavy atom. The maximum Gasteiger partial charge on any atom is 0.124 e. The highest BCUT2D eigenvalue weighted by Crippen LogP contribution is 2.25. The molecule has 1 unspecified atom stereocenters. The van der Waals surface area contributed by atoms with Crippen LogP contribution in [0.15, 0.2) is 42.7 Å². The van der Waals surface area contributed by atoms with E-state index in [2.05, 4.69) is 61.2 Å². The lowest BCUT2D eigenvalue weighted by Crippen LogP contribution is -2.19. The maximum absolute atomic E-state index is 5.88. The Morgan fingerprint density at radius 2 is 1.90 bits per heavy atom. The second-order valence-corrected chi connectivity index (χ2v) is 5.49. The van der Waals surface area contributed by atoms with Gasteiger partial charge in [0.15, 0.2) is 0 Å². The minimum atomic E-state index is 0.192. The fourth-order valence-corrected chi connectivity index (χ4v) is 2.25. The van der Waals surface area contributed by atoms with Crippen molar-refractivity contribution in [2.24, 2.45) is 7.05 Å². The molecule has 0 saturated carbocycles. The van der Waals surface area contributed by atoms with E-state index in [0.29, 0.717) is 0 Å². The molecule has 1 aromatic heterocycles.